The lowest BCUT2D eigenvalue weighted by Gasteiger charge is -2.11. The van der Waals surface area contributed by atoms with Crippen molar-refractivity contribution in [3.05, 3.63) is 57.8 Å². The fourth-order valence-corrected chi connectivity index (χ4v) is 4.06. The van der Waals surface area contributed by atoms with Crippen LogP contribution in [0.15, 0.2) is 41.8 Å². The van der Waals surface area contributed by atoms with Gasteiger partial charge in [-0.25, -0.2) is 0 Å². The third-order valence-corrected chi connectivity index (χ3v) is 5.53. The zero-order valence-electron chi connectivity index (χ0n) is 11.3. The number of rotatable bonds is 3. The third kappa shape index (κ3) is 2.23. The molecule has 0 fully saturated rings. The Hall–Kier alpha value is -1.71. The van der Waals surface area contributed by atoms with Crippen molar-refractivity contribution in [1.29, 1.82) is 0 Å². The standard InChI is InChI=1S/C17H14OS2/c1-11-12(2)15(17-8-5-13(10-18)20-17)7-6-14(11)16-4-3-9-19-16/h3-10H,1-2H3. The summed E-state index contributed by atoms with van der Waals surface area (Å²) in [5, 5.41) is 2.10. The molecule has 1 aromatic carbocycles. The molecule has 3 aromatic rings. The van der Waals surface area contributed by atoms with Gasteiger partial charge in [-0.05, 0) is 59.7 Å². The minimum Gasteiger partial charge on any atom is -0.297 e. The van der Waals surface area contributed by atoms with Crippen molar-refractivity contribution < 1.29 is 4.79 Å². The van der Waals surface area contributed by atoms with E-state index in [1.807, 2.05) is 12.1 Å². The molecule has 20 heavy (non-hydrogen) atoms. The van der Waals surface area contributed by atoms with Gasteiger partial charge in [0.1, 0.15) is 0 Å². The van der Waals surface area contributed by atoms with Gasteiger partial charge in [-0.3, -0.25) is 4.79 Å². The number of thiophene rings is 2. The highest BCUT2D eigenvalue weighted by atomic mass is 32.1. The molecule has 0 radical (unpaired) electrons. The summed E-state index contributed by atoms with van der Waals surface area (Å²) in [6.07, 6.45) is 0.913. The molecule has 0 aliphatic carbocycles. The van der Waals surface area contributed by atoms with E-state index in [0.717, 1.165) is 16.0 Å². The molecular weight excluding hydrogens is 284 g/mol. The van der Waals surface area contributed by atoms with Crippen molar-refractivity contribution in [2.24, 2.45) is 0 Å². The van der Waals surface area contributed by atoms with Gasteiger partial charge in [-0.15, -0.1) is 22.7 Å². The van der Waals surface area contributed by atoms with E-state index in [-0.39, 0.29) is 0 Å². The van der Waals surface area contributed by atoms with Crippen molar-refractivity contribution >= 4 is 29.0 Å². The molecule has 3 rings (SSSR count). The second-order valence-electron chi connectivity index (χ2n) is 4.71. The topological polar surface area (TPSA) is 17.1 Å². The zero-order valence-corrected chi connectivity index (χ0v) is 13.0. The molecular formula is C17H14OS2. The molecule has 0 atom stereocenters. The van der Waals surface area contributed by atoms with Crippen LogP contribution in [0.2, 0.25) is 0 Å². The molecule has 0 aliphatic rings. The fourth-order valence-electron chi connectivity index (χ4n) is 2.35. The van der Waals surface area contributed by atoms with Gasteiger partial charge in [0.25, 0.3) is 0 Å². The van der Waals surface area contributed by atoms with Crippen LogP contribution in [0.4, 0.5) is 0 Å². The summed E-state index contributed by atoms with van der Waals surface area (Å²) in [4.78, 5) is 14.1. The molecule has 3 heteroatoms. The number of aldehydes is 1. The molecule has 100 valence electrons. The van der Waals surface area contributed by atoms with Crippen LogP contribution in [0.25, 0.3) is 20.9 Å². The Balaban J connectivity index is 2.11. The quantitative estimate of drug-likeness (QED) is 0.577. The van der Waals surface area contributed by atoms with E-state index in [4.69, 9.17) is 0 Å². The monoisotopic (exact) mass is 298 g/mol. The maximum atomic E-state index is 10.8. The molecule has 2 aromatic heterocycles. The lowest BCUT2D eigenvalue weighted by molar-refractivity contribution is 0.112. The first-order valence-electron chi connectivity index (χ1n) is 6.40. The molecule has 0 spiro atoms. The molecule has 0 amide bonds. The van der Waals surface area contributed by atoms with Crippen LogP contribution in [0, 0.1) is 13.8 Å². The van der Waals surface area contributed by atoms with Gasteiger partial charge in [0.15, 0.2) is 6.29 Å². The first-order chi connectivity index (χ1) is 9.70. The number of benzene rings is 1. The lowest BCUT2D eigenvalue weighted by atomic mass is 9.96. The van der Waals surface area contributed by atoms with Crippen molar-refractivity contribution in [2.45, 2.75) is 13.8 Å². The summed E-state index contributed by atoms with van der Waals surface area (Å²) in [7, 11) is 0. The van der Waals surface area contributed by atoms with E-state index < -0.39 is 0 Å². The van der Waals surface area contributed by atoms with Gasteiger partial charge < -0.3 is 0 Å². The summed E-state index contributed by atoms with van der Waals surface area (Å²) < 4.78 is 0. The number of carbonyl (C=O) groups excluding carboxylic acids is 1. The maximum Gasteiger partial charge on any atom is 0.160 e. The fraction of sp³-hybridized carbons (Fsp3) is 0.118. The third-order valence-electron chi connectivity index (χ3n) is 3.58. The maximum absolute atomic E-state index is 10.8. The SMILES string of the molecule is Cc1c(-c2cccs2)ccc(-c2ccc(C=O)s2)c1C. The van der Waals surface area contributed by atoms with Crippen LogP contribution in [0.3, 0.4) is 0 Å². The van der Waals surface area contributed by atoms with Crippen molar-refractivity contribution in [1.82, 2.24) is 0 Å². The van der Waals surface area contributed by atoms with Crippen LogP contribution in [0.5, 0.6) is 0 Å². The van der Waals surface area contributed by atoms with E-state index in [9.17, 15) is 4.79 Å². The molecule has 0 N–H and O–H groups in total. The summed E-state index contributed by atoms with van der Waals surface area (Å²) in [6, 6.07) is 12.5. The summed E-state index contributed by atoms with van der Waals surface area (Å²) >= 11 is 3.31. The number of hydrogen-bond acceptors (Lipinski definition) is 3. The zero-order chi connectivity index (χ0) is 14.1. The Morgan fingerprint density at radius 1 is 0.900 bits per heavy atom. The summed E-state index contributed by atoms with van der Waals surface area (Å²) in [6.45, 7) is 4.32. The largest absolute Gasteiger partial charge is 0.297 e. The smallest absolute Gasteiger partial charge is 0.160 e. The normalized spacial score (nSPS) is 10.7. The van der Waals surface area contributed by atoms with Crippen LogP contribution in [0.1, 0.15) is 20.8 Å². The summed E-state index contributed by atoms with van der Waals surface area (Å²) in [5.41, 5.74) is 5.12. The van der Waals surface area contributed by atoms with Crippen LogP contribution >= 0.6 is 22.7 Å². The Labute approximate surface area is 126 Å². The highest BCUT2D eigenvalue weighted by molar-refractivity contribution is 7.17. The van der Waals surface area contributed by atoms with Crippen molar-refractivity contribution in [3.63, 3.8) is 0 Å². The molecule has 0 saturated carbocycles. The average molecular weight is 298 g/mol. The first-order valence-corrected chi connectivity index (χ1v) is 8.10. The van der Waals surface area contributed by atoms with Crippen molar-refractivity contribution in [3.8, 4) is 20.9 Å². The van der Waals surface area contributed by atoms with Crippen LogP contribution < -0.4 is 0 Å². The van der Waals surface area contributed by atoms with Gasteiger partial charge >= 0.3 is 0 Å². The molecule has 0 saturated heterocycles. The number of carbonyl (C=O) groups is 1. The highest BCUT2D eigenvalue weighted by Gasteiger charge is 2.11. The Kier molecular flexibility index (Phi) is 3.55. The van der Waals surface area contributed by atoms with Crippen LogP contribution in [-0.2, 0) is 0 Å². The van der Waals surface area contributed by atoms with Gasteiger partial charge in [0.05, 0.1) is 4.88 Å². The second-order valence-corrected chi connectivity index (χ2v) is 6.77. The van der Waals surface area contributed by atoms with Gasteiger partial charge in [0.2, 0.25) is 0 Å². The highest BCUT2D eigenvalue weighted by Crippen LogP contribution is 2.36. The van der Waals surface area contributed by atoms with E-state index in [1.165, 1.54) is 27.1 Å². The summed E-state index contributed by atoms with van der Waals surface area (Å²) in [5.74, 6) is 0. The molecule has 0 bridgehead atoms. The predicted molar refractivity (Wildman–Crippen MR) is 87.9 cm³/mol. The van der Waals surface area contributed by atoms with Gasteiger partial charge in [-0.2, -0.15) is 0 Å². The predicted octanol–water partition coefficient (Wildman–Crippen LogP) is 5.57. The molecule has 2 heterocycles. The van der Waals surface area contributed by atoms with Gasteiger partial charge in [-0.1, -0.05) is 18.2 Å². The lowest BCUT2D eigenvalue weighted by Crippen LogP contribution is -1.89. The van der Waals surface area contributed by atoms with Crippen LogP contribution in [-0.4, -0.2) is 6.29 Å². The van der Waals surface area contributed by atoms with E-state index >= 15 is 0 Å². The Bertz CT molecular complexity index is 751. The molecule has 1 nitrogen and oxygen atoms in total. The first kappa shape index (κ1) is 13.3. The minimum absolute atomic E-state index is 0.777. The van der Waals surface area contributed by atoms with E-state index in [1.54, 1.807) is 22.7 Å². The van der Waals surface area contributed by atoms with E-state index in [2.05, 4.69) is 43.5 Å². The Morgan fingerprint density at radius 3 is 2.15 bits per heavy atom. The van der Waals surface area contributed by atoms with Crippen molar-refractivity contribution in [2.75, 3.05) is 0 Å². The van der Waals surface area contributed by atoms with Gasteiger partial charge in [0, 0.05) is 9.75 Å². The molecule has 0 unspecified atom stereocenters. The van der Waals surface area contributed by atoms with E-state index in [0.29, 0.717) is 0 Å². The Morgan fingerprint density at radius 2 is 1.60 bits per heavy atom. The minimum atomic E-state index is 0.777. The molecule has 0 aliphatic heterocycles. The average Bonchev–Trinajstić information content (AvgIpc) is 3.12. The number of hydrogen-bond donors (Lipinski definition) is 0. The second kappa shape index (κ2) is 5.35.